The van der Waals surface area contributed by atoms with Crippen LogP contribution in [0.4, 0.5) is 0 Å². The Bertz CT molecular complexity index is 616. The van der Waals surface area contributed by atoms with Gasteiger partial charge in [0.05, 0.1) is 5.41 Å². The Kier molecular flexibility index (Phi) is 1.51. The molecule has 0 saturated carbocycles. The van der Waals surface area contributed by atoms with Gasteiger partial charge in [-0.05, 0) is 42.7 Å². The second-order valence-electron chi connectivity index (χ2n) is 5.77. The van der Waals surface area contributed by atoms with Crippen molar-refractivity contribution in [2.45, 2.75) is 30.4 Å². The number of nitrogens with one attached hydrogen (secondary N) is 1. The summed E-state index contributed by atoms with van der Waals surface area (Å²) in [6, 6.07) is 7.06. The molecule has 0 aromatic heterocycles. The third kappa shape index (κ3) is 0.852. The fourth-order valence-electron chi connectivity index (χ4n) is 4.45. The van der Waals surface area contributed by atoms with Gasteiger partial charge in [-0.3, -0.25) is 0 Å². The molecule has 90 valence electrons. The van der Waals surface area contributed by atoms with E-state index in [4.69, 9.17) is 4.74 Å². The molecule has 2 bridgehead atoms. The van der Waals surface area contributed by atoms with Crippen molar-refractivity contribution >= 4 is 0 Å². The predicted molar refractivity (Wildman–Crippen MR) is 69.9 cm³/mol. The standard InChI is InChI=1S/C16H15NO/c1-3-10-9-12-11-4-2-6-14-16(11,7-8-17-12)15(10)13(5-1)18-14/h1-6,12,14,17H,7-9H2/t12-,14+,16-/m1/s1. The van der Waals surface area contributed by atoms with Crippen molar-refractivity contribution in [3.63, 3.8) is 0 Å². The summed E-state index contributed by atoms with van der Waals surface area (Å²) in [6.45, 7) is 1.10. The highest BCUT2D eigenvalue weighted by Crippen LogP contribution is 2.57. The fourth-order valence-corrected chi connectivity index (χ4v) is 4.45. The first kappa shape index (κ1) is 9.40. The van der Waals surface area contributed by atoms with Gasteiger partial charge >= 0.3 is 0 Å². The van der Waals surface area contributed by atoms with E-state index in [2.05, 4.69) is 41.7 Å². The Morgan fingerprint density at radius 3 is 3.33 bits per heavy atom. The van der Waals surface area contributed by atoms with E-state index >= 15 is 0 Å². The van der Waals surface area contributed by atoms with Crippen molar-refractivity contribution in [1.29, 1.82) is 0 Å². The molecule has 3 atom stereocenters. The molecule has 1 aromatic carbocycles. The number of ether oxygens (including phenoxy) is 1. The maximum atomic E-state index is 6.22. The number of rotatable bonds is 0. The summed E-state index contributed by atoms with van der Waals surface area (Å²) in [5.41, 5.74) is 4.68. The lowest BCUT2D eigenvalue weighted by atomic mass is 9.58. The van der Waals surface area contributed by atoms with Crippen LogP contribution in [0.3, 0.4) is 0 Å². The lowest BCUT2D eigenvalue weighted by molar-refractivity contribution is 0.176. The Morgan fingerprint density at radius 2 is 2.33 bits per heavy atom. The topological polar surface area (TPSA) is 21.3 Å². The van der Waals surface area contributed by atoms with Crippen LogP contribution in [-0.4, -0.2) is 18.7 Å². The van der Waals surface area contributed by atoms with Gasteiger partial charge in [-0.2, -0.15) is 0 Å². The van der Waals surface area contributed by atoms with E-state index in [1.807, 2.05) is 0 Å². The Balaban J connectivity index is 1.91. The predicted octanol–water partition coefficient (Wildman–Crippen LogP) is 2.10. The maximum Gasteiger partial charge on any atom is 0.131 e. The monoisotopic (exact) mass is 237 g/mol. The Morgan fingerprint density at radius 1 is 1.33 bits per heavy atom. The molecule has 1 N–H and O–H groups in total. The molecule has 2 aliphatic carbocycles. The summed E-state index contributed by atoms with van der Waals surface area (Å²) in [5, 5.41) is 3.67. The Hall–Kier alpha value is -1.54. The molecule has 1 aromatic rings. The minimum atomic E-state index is 0.148. The first-order chi connectivity index (χ1) is 8.89. The molecule has 2 heteroatoms. The van der Waals surface area contributed by atoms with E-state index in [0.29, 0.717) is 6.04 Å². The van der Waals surface area contributed by atoms with Crippen LogP contribution in [0.5, 0.6) is 5.75 Å². The van der Waals surface area contributed by atoms with E-state index < -0.39 is 0 Å². The van der Waals surface area contributed by atoms with Gasteiger partial charge in [-0.1, -0.05) is 24.3 Å². The molecule has 4 aliphatic rings. The lowest BCUT2D eigenvalue weighted by Crippen LogP contribution is -2.57. The van der Waals surface area contributed by atoms with Gasteiger partial charge in [0.25, 0.3) is 0 Å². The number of hydrogen-bond donors (Lipinski definition) is 1. The van der Waals surface area contributed by atoms with E-state index in [1.54, 1.807) is 5.57 Å². The normalized spacial score (nSPS) is 37.9. The lowest BCUT2D eigenvalue weighted by Gasteiger charge is -2.49. The fraction of sp³-hybridized carbons (Fsp3) is 0.375. The molecule has 2 nitrogen and oxygen atoms in total. The molecule has 1 fully saturated rings. The molecular formula is C16H15NO. The van der Waals surface area contributed by atoms with E-state index in [-0.39, 0.29) is 11.5 Å². The minimum Gasteiger partial charge on any atom is -0.485 e. The largest absolute Gasteiger partial charge is 0.485 e. The van der Waals surface area contributed by atoms with Crippen LogP contribution in [-0.2, 0) is 11.8 Å². The SMILES string of the molecule is C1=C[C@@H]2Oc3cccc4c3[C@@]23CCN[C@H](C4)C3=C1. The van der Waals surface area contributed by atoms with Crippen molar-refractivity contribution in [3.8, 4) is 5.75 Å². The molecule has 18 heavy (non-hydrogen) atoms. The molecular weight excluding hydrogens is 222 g/mol. The molecule has 2 heterocycles. The zero-order valence-corrected chi connectivity index (χ0v) is 10.1. The number of hydrogen-bond acceptors (Lipinski definition) is 2. The average Bonchev–Trinajstić information content (AvgIpc) is 2.70. The van der Waals surface area contributed by atoms with Crippen LogP contribution >= 0.6 is 0 Å². The van der Waals surface area contributed by atoms with Gasteiger partial charge in [0, 0.05) is 11.6 Å². The van der Waals surface area contributed by atoms with Crippen molar-refractivity contribution in [2.75, 3.05) is 6.54 Å². The first-order valence-electron chi connectivity index (χ1n) is 6.81. The molecule has 1 saturated heterocycles. The third-order valence-electron chi connectivity index (χ3n) is 5.08. The highest BCUT2D eigenvalue weighted by molar-refractivity contribution is 5.63. The van der Waals surface area contributed by atoms with Crippen molar-refractivity contribution in [1.82, 2.24) is 5.32 Å². The number of piperidine rings is 1. The van der Waals surface area contributed by atoms with Gasteiger partial charge in [0.15, 0.2) is 0 Å². The van der Waals surface area contributed by atoms with Gasteiger partial charge in [-0.15, -0.1) is 0 Å². The summed E-state index contributed by atoms with van der Waals surface area (Å²) in [7, 11) is 0. The van der Waals surface area contributed by atoms with Gasteiger partial charge < -0.3 is 10.1 Å². The van der Waals surface area contributed by atoms with Crippen LogP contribution in [0, 0.1) is 0 Å². The van der Waals surface area contributed by atoms with Gasteiger partial charge in [-0.25, -0.2) is 0 Å². The highest BCUT2D eigenvalue weighted by Gasteiger charge is 2.57. The second kappa shape index (κ2) is 2.89. The molecule has 0 unspecified atom stereocenters. The highest BCUT2D eigenvalue weighted by atomic mass is 16.5. The van der Waals surface area contributed by atoms with Crippen molar-refractivity contribution in [2.24, 2.45) is 0 Å². The first-order valence-corrected chi connectivity index (χ1v) is 6.81. The summed E-state index contributed by atoms with van der Waals surface area (Å²) in [4.78, 5) is 0. The zero-order chi connectivity index (χ0) is 11.7. The van der Waals surface area contributed by atoms with E-state index in [1.165, 1.54) is 11.1 Å². The summed E-state index contributed by atoms with van der Waals surface area (Å²) >= 11 is 0. The average molecular weight is 237 g/mol. The molecule has 0 amide bonds. The van der Waals surface area contributed by atoms with Gasteiger partial charge in [0.1, 0.15) is 11.9 Å². The second-order valence-corrected chi connectivity index (χ2v) is 5.77. The molecule has 2 aliphatic heterocycles. The van der Waals surface area contributed by atoms with Crippen LogP contribution in [0.15, 0.2) is 42.0 Å². The van der Waals surface area contributed by atoms with Crippen LogP contribution in [0.25, 0.3) is 0 Å². The van der Waals surface area contributed by atoms with Crippen molar-refractivity contribution < 1.29 is 4.74 Å². The van der Waals surface area contributed by atoms with E-state index in [0.717, 1.165) is 25.1 Å². The van der Waals surface area contributed by atoms with Crippen LogP contribution in [0.1, 0.15) is 17.5 Å². The number of allylic oxidation sites excluding steroid dienone is 2. The molecule has 0 radical (unpaired) electrons. The van der Waals surface area contributed by atoms with Crippen LogP contribution < -0.4 is 10.1 Å². The quantitative estimate of drug-likeness (QED) is 0.746. The summed E-state index contributed by atoms with van der Waals surface area (Å²) < 4.78 is 6.22. The van der Waals surface area contributed by atoms with Gasteiger partial charge in [0.2, 0.25) is 0 Å². The Labute approximate surface area is 106 Å². The summed E-state index contributed by atoms with van der Waals surface area (Å²) in [6.07, 6.45) is 9.23. The van der Waals surface area contributed by atoms with Crippen LogP contribution in [0.2, 0.25) is 0 Å². The van der Waals surface area contributed by atoms with Crippen molar-refractivity contribution in [3.05, 3.63) is 53.1 Å². The summed E-state index contributed by atoms with van der Waals surface area (Å²) in [5.74, 6) is 1.12. The third-order valence-corrected chi connectivity index (χ3v) is 5.08. The maximum absolute atomic E-state index is 6.22. The smallest absolute Gasteiger partial charge is 0.131 e. The zero-order valence-electron chi connectivity index (χ0n) is 10.1. The van der Waals surface area contributed by atoms with E-state index in [9.17, 15) is 0 Å². The molecule has 1 spiro atoms. The number of benzene rings is 1. The molecule has 5 rings (SSSR count). The minimum absolute atomic E-state index is 0.148.